The molecular formula is C16H10FN5OS2. The van der Waals surface area contributed by atoms with Crippen molar-refractivity contribution in [3.05, 3.63) is 65.0 Å². The fraction of sp³-hybridized carbons (Fsp3) is 0. The van der Waals surface area contributed by atoms with E-state index in [9.17, 15) is 9.18 Å². The maximum Gasteiger partial charge on any atom is 0.297 e. The van der Waals surface area contributed by atoms with E-state index in [-0.39, 0.29) is 11.6 Å². The van der Waals surface area contributed by atoms with E-state index in [4.69, 9.17) is 0 Å². The highest BCUT2D eigenvalue weighted by molar-refractivity contribution is 7.14. The first kappa shape index (κ1) is 15.6. The van der Waals surface area contributed by atoms with Crippen molar-refractivity contribution in [2.75, 3.05) is 5.32 Å². The number of hydrogen-bond acceptors (Lipinski definition) is 6. The van der Waals surface area contributed by atoms with E-state index in [1.54, 1.807) is 23.7 Å². The Labute approximate surface area is 149 Å². The van der Waals surface area contributed by atoms with Crippen molar-refractivity contribution in [3.63, 3.8) is 0 Å². The van der Waals surface area contributed by atoms with Crippen LogP contribution in [-0.2, 0) is 0 Å². The molecule has 0 fully saturated rings. The second-order valence-corrected chi connectivity index (χ2v) is 6.76. The maximum absolute atomic E-state index is 13.6. The summed E-state index contributed by atoms with van der Waals surface area (Å²) in [4.78, 5) is 21.6. The molecule has 0 saturated carbocycles. The molecule has 0 bridgehead atoms. The van der Waals surface area contributed by atoms with Gasteiger partial charge in [-0.3, -0.25) is 10.1 Å². The Kier molecular flexibility index (Phi) is 4.08. The summed E-state index contributed by atoms with van der Waals surface area (Å²) in [6.07, 6.45) is 1.59. The van der Waals surface area contributed by atoms with Crippen molar-refractivity contribution in [2.24, 2.45) is 0 Å². The van der Waals surface area contributed by atoms with Crippen LogP contribution in [0.5, 0.6) is 0 Å². The molecule has 1 aromatic carbocycles. The fourth-order valence-corrected chi connectivity index (χ4v) is 3.42. The number of thiophene rings is 1. The lowest BCUT2D eigenvalue weighted by molar-refractivity contribution is 0.101. The lowest BCUT2D eigenvalue weighted by Gasteiger charge is -2.04. The molecule has 3 heterocycles. The van der Waals surface area contributed by atoms with Crippen molar-refractivity contribution >= 4 is 33.7 Å². The Morgan fingerprint density at radius 1 is 1.16 bits per heavy atom. The van der Waals surface area contributed by atoms with Gasteiger partial charge < -0.3 is 0 Å². The molecule has 0 radical (unpaired) electrons. The summed E-state index contributed by atoms with van der Waals surface area (Å²) in [7, 11) is 0. The Hall–Kier alpha value is -2.91. The lowest BCUT2D eigenvalue weighted by Crippen LogP contribution is -2.14. The molecule has 3 aromatic heterocycles. The van der Waals surface area contributed by atoms with E-state index in [0.29, 0.717) is 16.6 Å². The number of hydrogen-bond donors (Lipinski definition) is 1. The second kappa shape index (κ2) is 6.54. The molecule has 4 aromatic rings. The number of carbonyl (C=O) groups excluding carboxylic acids is 1. The molecule has 0 unspecified atom stereocenters. The Bertz CT molecular complexity index is 1010. The molecular weight excluding hydrogens is 361 g/mol. The van der Waals surface area contributed by atoms with Crippen LogP contribution in [0.3, 0.4) is 0 Å². The molecule has 4 rings (SSSR count). The standard InChI is InChI=1S/C16H10FN5OS2/c17-10-3-1-4-11(9-10)22-14(12-5-2-7-24-12)19-13(21-22)15(23)20-16-18-6-8-25-16/h1-9H,(H,18,20,23). The largest absolute Gasteiger partial charge is 0.297 e. The maximum atomic E-state index is 13.6. The summed E-state index contributed by atoms with van der Waals surface area (Å²) in [6.45, 7) is 0. The molecule has 0 spiro atoms. The molecule has 6 nitrogen and oxygen atoms in total. The van der Waals surface area contributed by atoms with Crippen LogP contribution >= 0.6 is 22.7 Å². The number of amides is 1. The Morgan fingerprint density at radius 3 is 2.80 bits per heavy atom. The van der Waals surface area contributed by atoms with E-state index in [1.165, 1.54) is 39.5 Å². The zero-order chi connectivity index (χ0) is 17.2. The highest BCUT2D eigenvalue weighted by Gasteiger charge is 2.20. The van der Waals surface area contributed by atoms with Crippen molar-refractivity contribution in [2.45, 2.75) is 0 Å². The van der Waals surface area contributed by atoms with Gasteiger partial charge in [-0.25, -0.2) is 19.0 Å². The van der Waals surface area contributed by atoms with Crippen LogP contribution < -0.4 is 5.32 Å². The van der Waals surface area contributed by atoms with E-state index in [0.717, 1.165) is 4.88 Å². The molecule has 1 amide bonds. The number of aromatic nitrogens is 4. The third kappa shape index (κ3) is 3.19. The molecule has 0 aliphatic rings. The van der Waals surface area contributed by atoms with Gasteiger partial charge in [0.2, 0.25) is 5.82 Å². The number of rotatable bonds is 4. The van der Waals surface area contributed by atoms with Gasteiger partial charge in [-0.1, -0.05) is 12.1 Å². The first-order valence-electron chi connectivity index (χ1n) is 7.18. The third-order valence-electron chi connectivity index (χ3n) is 3.26. The van der Waals surface area contributed by atoms with Crippen LogP contribution in [0.25, 0.3) is 16.4 Å². The number of anilines is 1. The van der Waals surface area contributed by atoms with Crippen LogP contribution in [0.15, 0.2) is 53.4 Å². The SMILES string of the molecule is O=C(Nc1nccs1)c1nc(-c2cccs2)n(-c2cccc(F)c2)n1. The average molecular weight is 371 g/mol. The van der Waals surface area contributed by atoms with Crippen LogP contribution in [-0.4, -0.2) is 25.7 Å². The minimum Gasteiger partial charge on any atom is -0.295 e. The molecule has 0 aliphatic heterocycles. The highest BCUT2D eigenvalue weighted by atomic mass is 32.1. The highest BCUT2D eigenvalue weighted by Crippen LogP contribution is 2.26. The van der Waals surface area contributed by atoms with Gasteiger partial charge in [-0.15, -0.1) is 27.8 Å². The number of thiazole rings is 1. The van der Waals surface area contributed by atoms with Crippen molar-refractivity contribution in [1.29, 1.82) is 0 Å². The third-order valence-corrected chi connectivity index (χ3v) is 4.81. The van der Waals surface area contributed by atoms with Crippen molar-refractivity contribution in [3.8, 4) is 16.4 Å². The van der Waals surface area contributed by atoms with Gasteiger partial charge in [0, 0.05) is 11.6 Å². The molecule has 0 atom stereocenters. The molecule has 124 valence electrons. The minimum absolute atomic E-state index is 0.0112. The number of nitrogens with one attached hydrogen (secondary N) is 1. The smallest absolute Gasteiger partial charge is 0.295 e. The summed E-state index contributed by atoms with van der Waals surface area (Å²) in [5.41, 5.74) is 0.490. The Balaban J connectivity index is 1.77. The number of carbonyl (C=O) groups is 1. The predicted molar refractivity (Wildman–Crippen MR) is 94.7 cm³/mol. The minimum atomic E-state index is -0.470. The lowest BCUT2D eigenvalue weighted by atomic mass is 10.3. The number of halogens is 1. The van der Waals surface area contributed by atoms with Gasteiger partial charge in [0.1, 0.15) is 5.82 Å². The molecule has 0 aliphatic carbocycles. The average Bonchev–Trinajstić information content (AvgIpc) is 3.35. The summed E-state index contributed by atoms with van der Waals surface area (Å²) < 4.78 is 15.1. The van der Waals surface area contributed by atoms with E-state index >= 15 is 0 Å². The molecule has 1 N–H and O–H groups in total. The number of benzene rings is 1. The summed E-state index contributed by atoms with van der Waals surface area (Å²) in [5, 5.41) is 11.0. The predicted octanol–water partition coefficient (Wildman–Crippen LogP) is 3.84. The number of nitrogens with zero attached hydrogens (tertiary/aromatic N) is 4. The van der Waals surface area contributed by atoms with E-state index in [2.05, 4.69) is 20.4 Å². The summed E-state index contributed by atoms with van der Waals surface area (Å²) >= 11 is 2.76. The van der Waals surface area contributed by atoms with Crippen LogP contribution in [0.1, 0.15) is 10.6 Å². The van der Waals surface area contributed by atoms with Crippen molar-refractivity contribution < 1.29 is 9.18 Å². The van der Waals surface area contributed by atoms with Gasteiger partial charge >= 0.3 is 0 Å². The van der Waals surface area contributed by atoms with Gasteiger partial charge in [-0.2, -0.15) is 0 Å². The summed E-state index contributed by atoms with van der Waals surface area (Å²) in [6, 6.07) is 9.72. The molecule has 25 heavy (non-hydrogen) atoms. The monoisotopic (exact) mass is 371 g/mol. The van der Waals surface area contributed by atoms with Gasteiger partial charge in [-0.05, 0) is 29.6 Å². The molecule has 9 heteroatoms. The molecule has 0 saturated heterocycles. The van der Waals surface area contributed by atoms with Crippen molar-refractivity contribution in [1.82, 2.24) is 19.7 Å². The topological polar surface area (TPSA) is 72.7 Å². The van der Waals surface area contributed by atoms with E-state index < -0.39 is 5.91 Å². The first-order valence-corrected chi connectivity index (χ1v) is 8.94. The summed E-state index contributed by atoms with van der Waals surface area (Å²) in [5.74, 6) is -0.394. The van der Waals surface area contributed by atoms with Crippen LogP contribution in [0, 0.1) is 5.82 Å². The zero-order valence-corrected chi connectivity index (χ0v) is 14.2. The fourth-order valence-electron chi connectivity index (χ4n) is 2.20. The van der Waals surface area contributed by atoms with Crippen LogP contribution in [0.4, 0.5) is 9.52 Å². The Morgan fingerprint density at radius 2 is 2.08 bits per heavy atom. The second-order valence-electron chi connectivity index (χ2n) is 4.92. The first-order chi connectivity index (χ1) is 12.2. The zero-order valence-electron chi connectivity index (χ0n) is 12.6. The van der Waals surface area contributed by atoms with E-state index in [1.807, 2.05) is 17.5 Å². The van der Waals surface area contributed by atoms with Gasteiger partial charge in [0.05, 0.1) is 10.6 Å². The van der Waals surface area contributed by atoms with Crippen LogP contribution in [0.2, 0.25) is 0 Å². The van der Waals surface area contributed by atoms with Gasteiger partial charge in [0.25, 0.3) is 5.91 Å². The van der Waals surface area contributed by atoms with Gasteiger partial charge in [0.15, 0.2) is 11.0 Å². The normalized spacial score (nSPS) is 10.8. The quantitative estimate of drug-likeness (QED) is 0.591.